The first-order valence-electron chi connectivity index (χ1n) is 13.4. The van der Waals surface area contributed by atoms with Gasteiger partial charge in [-0.15, -0.1) is 0 Å². The van der Waals surface area contributed by atoms with Crippen LogP contribution in [0.5, 0.6) is 11.5 Å². The average molecular weight is 527 g/mol. The number of ether oxygens (including phenoxy) is 2. The molecule has 1 fully saturated rings. The summed E-state index contributed by atoms with van der Waals surface area (Å²) in [7, 11) is 0. The van der Waals surface area contributed by atoms with Crippen molar-refractivity contribution in [3.05, 3.63) is 59.2 Å². The Morgan fingerprint density at radius 3 is 2.47 bits per heavy atom. The van der Waals surface area contributed by atoms with Crippen LogP contribution in [0.2, 0.25) is 0 Å². The number of unbranched alkanes of at least 4 members (excludes halogenated alkanes) is 1. The smallest absolute Gasteiger partial charge is 0.308 e. The number of carboxylic acids is 1. The van der Waals surface area contributed by atoms with Crippen LogP contribution in [-0.4, -0.2) is 82.6 Å². The highest BCUT2D eigenvalue weighted by atomic mass is 16.7. The minimum atomic E-state index is -0.919. The van der Waals surface area contributed by atoms with Gasteiger partial charge in [-0.1, -0.05) is 43.7 Å². The van der Waals surface area contributed by atoms with Gasteiger partial charge in [-0.05, 0) is 48.1 Å². The van der Waals surface area contributed by atoms with Crippen LogP contribution in [-0.2, 0) is 22.6 Å². The molecule has 206 valence electrons. The summed E-state index contributed by atoms with van der Waals surface area (Å²) in [6.07, 6.45) is 2.70. The molecule has 3 atom stereocenters. The van der Waals surface area contributed by atoms with Gasteiger partial charge < -0.3 is 29.7 Å². The number of benzene rings is 2. The minimum Gasteiger partial charge on any atom is -0.481 e. The van der Waals surface area contributed by atoms with E-state index in [1.54, 1.807) is 4.90 Å². The van der Waals surface area contributed by atoms with Crippen molar-refractivity contribution >= 4 is 11.9 Å². The summed E-state index contributed by atoms with van der Waals surface area (Å²) < 4.78 is 11.0. The Balaban J connectivity index is 1.66. The third-order valence-corrected chi connectivity index (χ3v) is 7.63. The van der Waals surface area contributed by atoms with E-state index >= 15 is 0 Å². The molecule has 9 heteroatoms. The van der Waals surface area contributed by atoms with E-state index in [0.717, 1.165) is 29.5 Å². The van der Waals surface area contributed by atoms with Crippen molar-refractivity contribution in [2.75, 3.05) is 39.6 Å². The fourth-order valence-corrected chi connectivity index (χ4v) is 5.61. The van der Waals surface area contributed by atoms with E-state index in [1.165, 1.54) is 0 Å². The fourth-order valence-electron chi connectivity index (χ4n) is 5.61. The Hall–Kier alpha value is -3.14. The summed E-state index contributed by atoms with van der Waals surface area (Å²) in [6, 6.07) is 12.6. The Bertz CT molecular complexity index is 1100. The van der Waals surface area contributed by atoms with E-state index in [0.29, 0.717) is 44.0 Å². The number of carbonyl (C=O) groups excluding carboxylic acids is 1. The van der Waals surface area contributed by atoms with Crippen molar-refractivity contribution in [1.82, 2.24) is 9.80 Å². The highest BCUT2D eigenvalue weighted by Crippen LogP contribution is 2.43. The highest BCUT2D eigenvalue weighted by molar-refractivity contribution is 5.79. The number of carboxylic acid groups (broad SMARTS) is 1. The maximum Gasteiger partial charge on any atom is 0.308 e. The van der Waals surface area contributed by atoms with E-state index in [2.05, 4.69) is 6.92 Å². The topological polar surface area (TPSA) is 120 Å². The quantitative estimate of drug-likeness (QED) is 0.365. The van der Waals surface area contributed by atoms with Crippen LogP contribution >= 0.6 is 0 Å². The van der Waals surface area contributed by atoms with Crippen LogP contribution in [0, 0.1) is 5.92 Å². The molecule has 0 unspecified atom stereocenters. The molecule has 0 saturated carbocycles. The van der Waals surface area contributed by atoms with Crippen molar-refractivity contribution in [3.8, 4) is 11.5 Å². The standard InChI is InChI=1S/C29H38N2O7/c1-2-3-11-30(12-6-13-32)27(34)17-31-16-23(21-9-10-25-26(15-21)38-19-37-25)28(29(35)36)24(31)14-20-7-4-5-8-22(20)18-33/h4-5,7-10,15,23-24,28,32-33H,2-3,6,11-14,16-19H2,1H3,(H,35,36)/t23-,24+,28-/m1/s1. The number of aliphatic hydroxyl groups is 2. The second-order valence-corrected chi connectivity index (χ2v) is 10.0. The predicted molar refractivity (Wildman–Crippen MR) is 141 cm³/mol. The lowest BCUT2D eigenvalue weighted by Crippen LogP contribution is -2.45. The molecular weight excluding hydrogens is 488 g/mol. The molecular formula is C29H38N2O7. The van der Waals surface area contributed by atoms with Crippen molar-refractivity contribution in [1.29, 1.82) is 0 Å². The molecule has 0 spiro atoms. The van der Waals surface area contributed by atoms with Gasteiger partial charge in [-0.3, -0.25) is 14.5 Å². The number of likely N-dealkylation sites (tertiary alicyclic amines) is 1. The van der Waals surface area contributed by atoms with E-state index in [1.807, 2.05) is 47.4 Å². The molecule has 2 aromatic carbocycles. The van der Waals surface area contributed by atoms with E-state index in [4.69, 9.17) is 9.47 Å². The summed E-state index contributed by atoms with van der Waals surface area (Å²) >= 11 is 0. The Morgan fingerprint density at radius 2 is 1.76 bits per heavy atom. The molecule has 0 radical (unpaired) electrons. The van der Waals surface area contributed by atoms with Crippen molar-refractivity contribution in [2.45, 2.75) is 51.2 Å². The number of hydrogen-bond acceptors (Lipinski definition) is 7. The van der Waals surface area contributed by atoms with Crippen LogP contribution in [0.15, 0.2) is 42.5 Å². The highest BCUT2D eigenvalue weighted by Gasteiger charge is 2.47. The number of amides is 1. The number of aliphatic carboxylic acids is 1. The summed E-state index contributed by atoms with van der Waals surface area (Å²) in [6.45, 7) is 3.63. The van der Waals surface area contributed by atoms with Crippen LogP contribution in [0.3, 0.4) is 0 Å². The van der Waals surface area contributed by atoms with Crippen LogP contribution in [0.25, 0.3) is 0 Å². The predicted octanol–water partition coefficient (Wildman–Crippen LogP) is 2.63. The van der Waals surface area contributed by atoms with Crippen molar-refractivity contribution < 1.29 is 34.4 Å². The molecule has 4 rings (SSSR count). The molecule has 2 aliphatic rings. The summed E-state index contributed by atoms with van der Waals surface area (Å²) in [4.78, 5) is 30.0. The van der Waals surface area contributed by atoms with Crippen molar-refractivity contribution in [2.24, 2.45) is 5.92 Å². The monoisotopic (exact) mass is 526 g/mol. The van der Waals surface area contributed by atoms with E-state index < -0.39 is 17.9 Å². The van der Waals surface area contributed by atoms with Gasteiger partial charge in [-0.2, -0.15) is 0 Å². The molecule has 9 nitrogen and oxygen atoms in total. The maximum absolute atomic E-state index is 13.5. The number of nitrogens with zero attached hydrogens (tertiary/aromatic N) is 2. The number of carbonyl (C=O) groups is 2. The summed E-state index contributed by atoms with van der Waals surface area (Å²) in [5.74, 6) is -0.883. The first-order valence-corrected chi connectivity index (χ1v) is 13.4. The van der Waals surface area contributed by atoms with Gasteiger partial charge in [0.1, 0.15) is 0 Å². The largest absolute Gasteiger partial charge is 0.481 e. The summed E-state index contributed by atoms with van der Waals surface area (Å²) in [5.41, 5.74) is 2.46. The molecule has 38 heavy (non-hydrogen) atoms. The Labute approximate surface area is 223 Å². The molecule has 0 aliphatic carbocycles. The number of aliphatic hydroxyl groups excluding tert-OH is 2. The first-order chi connectivity index (χ1) is 18.5. The first kappa shape index (κ1) is 27.9. The normalized spacial score (nSPS) is 20.6. The lowest BCUT2D eigenvalue weighted by molar-refractivity contribution is -0.143. The molecule has 3 N–H and O–H groups in total. The second-order valence-electron chi connectivity index (χ2n) is 10.0. The maximum atomic E-state index is 13.5. The van der Waals surface area contributed by atoms with Gasteiger partial charge in [0.15, 0.2) is 11.5 Å². The van der Waals surface area contributed by atoms with Crippen LogP contribution in [0.1, 0.15) is 48.8 Å². The second kappa shape index (κ2) is 13.1. The lowest BCUT2D eigenvalue weighted by atomic mass is 9.82. The van der Waals surface area contributed by atoms with Gasteiger partial charge in [0.2, 0.25) is 12.7 Å². The number of rotatable bonds is 13. The zero-order valence-corrected chi connectivity index (χ0v) is 21.9. The molecule has 0 aromatic heterocycles. The Morgan fingerprint density at radius 1 is 1.03 bits per heavy atom. The van der Waals surface area contributed by atoms with Gasteiger partial charge >= 0.3 is 5.97 Å². The zero-order valence-electron chi connectivity index (χ0n) is 21.9. The SMILES string of the molecule is CCCCN(CCCO)C(=O)CN1C[C@H](c2ccc3c(c2)OCO3)[C@@H](C(=O)O)[C@@H]1Cc1ccccc1CO. The molecule has 2 aliphatic heterocycles. The third-order valence-electron chi connectivity index (χ3n) is 7.63. The van der Waals surface area contributed by atoms with Gasteiger partial charge in [0.25, 0.3) is 0 Å². The van der Waals surface area contributed by atoms with Crippen molar-refractivity contribution in [3.63, 3.8) is 0 Å². The van der Waals surface area contributed by atoms with Gasteiger partial charge in [0, 0.05) is 38.2 Å². The molecule has 2 heterocycles. The van der Waals surface area contributed by atoms with Crippen LogP contribution in [0.4, 0.5) is 0 Å². The Kier molecular flexibility index (Phi) is 9.60. The lowest BCUT2D eigenvalue weighted by Gasteiger charge is -2.30. The van der Waals surface area contributed by atoms with Crippen LogP contribution < -0.4 is 9.47 Å². The van der Waals surface area contributed by atoms with E-state index in [-0.39, 0.29) is 38.4 Å². The molecule has 1 amide bonds. The minimum absolute atomic E-state index is 0.00741. The number of fused-ring (bicyclic) bond motifs is 1. The van der Waals surface area contributed by atoms with E-state index in [9.17, 15) is 24.9 Å². The average Bonchev–Trinajstić information content (AvgIpc) is 3.53. The summed E-state index contributed by atoms with van der Waals surface area (Å²) in [5, 5.41) is 29.7. The number of hydrogen-bond donors (Lipinski definition) is 3. The molecule has 1 saturated heterocycles. The zero-order chi connectivity index (χ0) is 27.1. The molecule has 2 aromatic rings. The third kappa shape index (κ3) is 6.28. The van der Waals surface area contributed by atoms with Gasteiger partial charge in [-0.25, -0.2) is 0 Å². The molecule has 0 bridgehead atoms. The fraction of sp³-hybridized carbons (Fsp3) is 0.517. The van der Waals surface area contributed by atoms with Gasteiger partial charge in [0.05, 0.1) is 19.1 Å².